The molecule has 0 bridgehead atoms. The van der Waals surface area contributed by atoms with E-state index in [1.54, 1.807) is 0 Å². The molecule has 0 amide bonds. The SMILES string of the molecule is Cc1ccc2sc(CSC(C)C)cc2c1. The van der Waals surface area contributed by atoms with Gasteiger partial charge in [0.05, 0.1) is 0 Å². The van der Waals surface area contributed by atoms with Crippen LogP contribution in [-0.2, 0) is 5.75 Å². The van der Waals surface area contributed by atoms with Crippen molar-refractivity contribution in [1.82, 2.24) is 0 Å². The lowest BCUT2D eigenvalue weighted by Gasteiger charge is -2.00. The molecule has 1 aromatic heterocycles. The first-order chi connectivity index (χ1) is 7.15. The Kier molecular flexibility index (Phi) is 3.37. The minimum atomic E-state index is 0.719. The maximum atomic E-state index is 2.34. The zero-order valence-corrected chi connectivity index (χ0v) is 11.0. The van der Waals surface area contributed by atoms with Gasteiger partial charge in [0.2, 0.25) is 0 Å². The van der Waals surface area contributed by atoms with Crippen molar-refractivity contribution in [3.8, 4) is 0 Å². The highest BCUT2D eigenvalue weighted by atomic mass is 32.2. The quantitative estimate of drug-likeness (QED) is 0.734. The summed E-state index contributed by atoms with van der Waals surface area (Å²) in [6.07, 6.45) is 0. The van der Waals surface area contributed by atoms with Gasteiger partial charge in [0.15, 0.2) is 0 Å². The Labute approximate surface area is 99.7 Å². The van der Waals surface area contributed by atoms with E-state index in [1.165, 1.54) is 20.5 Å². The maximum Gasteiger partial charge on any atom is 0.0346 e. The summed E-state index contributed by atoms with van der Waals surface area (Å²) in [4.78, 5) is 1.49. The first-order valence-corrected chi connectivity index (χ1v) is 7.12. The summed E-state index contributed by atoms with van der Waals surface area (Å²) in [6.45, 7) is 6.66. The van der Waals surface area contributed by atoms with Crippen LogP contribution in [0.1, 0.15) is 24.3 Å². The van der Waals surface area contributed by atoms with E-state index in [4.69, 9.17) is 0 Å². The molecule has 0 N–H and O–H groups in total. The predicted molar refractivity (Wildman–Crippen MR) is 73.0 cm³/mol. The topological polar surface area (TPSA) is 0 Å². The standard InChI is InChI=1S/C13H16S2/c1-9(2)14-8-12-7-11-6-10(3)4-5-13(11)15-12/h4-7,9H,8H2,1-3H3. The number of thioether (sulfide) groups is 1. The molecule has 1 heterocycles. The van der Waals surface area contributed by atoms with E-state index in [-0.39, 0.29) is 0 Å². The van der Waals surface area contributed by atoms with Crippen LogP contribution in [0.15, 0.2) is 24.3 Å². The molecule has 1 aromatic carbocycles. The Morgan fingerprint density at radius 2 is 2.07 bits per heavy atom. The van der Waals surface area contributed by atoms with E-state index in [9.17, 15) is 0 Å². The van der Waals surface area contributed by atoms with E-state index in [2.05, 4.69) is 45.0 Å². The summed E-state index contributed by atoms with van der Waals surface area (Å²) in [6, 6.07) is 9.04. The van der Waals surface area contributed by atoms with E-state index in [0.29, 0.717) is 0 Å². The summed E-state index contributed by atoms with van der Waals surface area (Å²) in [5.41, 5.74) is 1.35. The lowest BCUT2D eigenvalue weighted by atomic mass is 10.2. The molecule has 0 aliphatic heterocycles. The van der Waals surface area contributed by atoms with Gasteiger partial charge in [-0.3, -0.25) is 0 Å². The summed E-state index contributed by atoms with van der Waals surface area (Å²) in [5, 5.41) is 2.12. The smallest absolute Gasteiger partial charge is 0.0346 e. The van der Waals surface area contributed by atoms with Crippen LogP contribution in [0.25, 0.3) is 10.1 Å². The predicted octanol–water partition coefficient (Wildman–Crippen LogP) is 4.85. The van der Waals surface area contributed by atoms with Gasteiger partial charge in [-0.25, -0.2) is 0 Å². The molecule has 2 rings (SSSR count). The van der Waals surface area contributed by atoms with E-state index >= 15 is 0 Å². The normalized spacial score (nSPS) is 11.5. The minimum Gasteiger partial charge on any atom is -0.154 e. The van der Waals surface area contributed by atoms with Gasteiger partial charge < -0.3 is 0 Å². The molecular weight excluding hydrogens is 220 g/mol. The molecule has 0 unspecified atom stereocenters. The number of benzene rings is 1. The monoisotopic (exact) mass is 236 g/mol. The number of fused-ring (bicyclic) bond motifs is 1. The highest BCUT2D eigenvalue weighted by Gasteiger charge is 2.03. The van der Waals surface area contributed by atoms with Gasteiger partial charge in [-0.05, 0) is 29.7 Å². The Bertz CT molecular complexity index is 455. The first kappa shape index (κ1) is 11.0. The van der Waals surface area contributed by atoms with Gasteiger partial charge in [0.1, 0.15) is 0 Å². The number of hydrogen-bond donors (Lipinski definition) is 0. The third-order valence-corrected chi connectivity index (χ3v) is 4.72. The average Bonchev–Trinajstić information content (AvgIpc) is 2.56. The summed E-state index contributed by atoms with van der Waals surface area (Å²) in [7, 11) is 0. The van der Waals surface area contributed by atoms with Crippen LogP contribution in [0.4, 0.5) is 0 Å². The Morgan fingerprint density at radius 3 is 2.80 bits per heavy atom. The maximum absolute atomic E-state index is 2.34. The Balaban J connectivity index is 2.23. The second kappa shape index (κ2) is 4.58. The molecule has 0 aliphatic carbocycles. The van der Waals surface area contributed by atoms with Crippen molar-refractivity contribution in [2.75, 3.05) is 0 Å². The van der Waals surface area contributed by atoms with Crippen LogP contribution in [0.5, 0.6) is 0 Å². The van der Waals surface area contributed by atoms with Gasteiger partial charge in [-0.2, -0.15) is 11.8 Å². The molecule has 0 aliphatic rings. The molecule has 0 fully saturated rings. The van der Waals surface area contributed by atoms with Gasteiger partial charge in [-0.15, -0.1) is 11.3 Å². The first-order valence-electron chi connectivity index (χ1n) is 5.26. The van der Waals surface area contributed by atoms with Gasteiger partial charge in [0, 0.05) is 15.3 Å². The number of hydrogen-bond acceptors (Lipinski definition) is 2. The highest BCUT2D eigenvalue weighted by Crippen LogP contribution is 2.30. The van der Waals surface area contributed by atoms with Gasteiger partial charge in [-0.1, -0.05) is 31.5 Å². The number of thiophene rings is 1. The third-order valence-electron chi connectivity index (χ3n) is 2.28. The fraction of sp³-hybridized carbons (Fsp3) is 0.385. The Hall–Kier alpha value is -0.470. The zero-order chi connectivity index (χ0) is 10.8. The fourth-order valence-corrected chi connectivity index (χ4v) is 3.40. The zero-order valence-electron chi connectivity index (χ0n) is 9.41. The molecular formula is C13H16S2. The van der Waals surface area contributed by atoms with Crippen LogP contribution >= 0.6 is 23.1 Å². The molecule has 80 valence electrons. The van der Waals surface area contributed by atoms with Crippen molar-refractivity contribution >= 4 is 33.2 Å². The molecule has 2 heteroatoms. The largest absolute Gasteiger partial charge is 0.154 e. The van der Waals surface area contributed by atoms with Crippen LogP contribution < -0.4 is 0 Å². The van der Waals surface area contributed by atoms with E-state index in [1.807, 2.05) is 23.1 Å². The molecule has 0 spiro atoms. The van der Waals surface area contributed by atoms with Crippen LogP contribution in [0.2, 0.25) is 0 Å². The second-order valence-corrected chi connectivity index (χ2v) is 6.85. The van der Waals surface area contributed by atoms with E-state index in [0.717, 1.165) is 11.0 Å². The molecule has 15 heavy (non-hydrogen) atoms. The van der Waals surface area contributed by atoms with Crippen LogP contribution in [-0.4, -0.2) is 5.25 Å². The molecule has 0 radical (unpaired) electrons. The molecule has 0 atom stereocenters. The molecule has 2 aromatic rings. The lowest BCUT2D eigenvalue weighted by molar-refractivity contribution is 1.11. The summed E-state index contributed by atoms with van der Waals surface area (Å²) < 4.78 is 1.42. The Morgan fingerprint density at radius 1 is 1.27 bits per heavy atom. The summed E-state index contributed by atoms with van der Waals surface area (Å²) >= 11 is 3.94. The lowest BCUT2D eigenvalue weighted by Crippen LogP contribution is -1.85. The number of rotatable bonds is 3. The average molecular weight is 236 g/mol. The third kappa shape index (κ3) is 2.76. The molecule has 0 nitrogen and oxygen atoms in total. The van der Waals surface area contributed by atoms with E-state index < -0.39 is 0 Å². The number of aryl methyl sites for hydroxylation is 1. The van der Waals surface area contributed by atoms with Crippen molar-refractivity contribution < 1.29 is 0 Å². The van der Waals surface area contributed by atoms with Gasteiger partial charge >= 0.3 is 0 Å². The fourth-order valence-electron chi connectivity index (χ4n) is 1.54. The van der Waals surface area contributed by atoms with Crippen molar-refractivity contribution in [2.45, 2.75) is 31.8 Å². The van der Waals surface area contributed by atoms with Crippen molar-refractivity contribution in [3.05, 3.63) is 34.7 Å². The van der Waals surface area contributed by atoms with Gasteiger partial charge in [0.25, 0.3) is 0 Å². The molecule has 0 saturated heterocycles. The van der Waals surface area contributed by atoms with Crippen molar-refractivity contribution in [1.29, 1.82) is 0 Å². The second-order valence-electron chi connectivity index (χ2n) is 4.11. The van der Waals surface area contributed by atoms with Crippen LogP contribution in [0.3, 0.4) is 0 Å². The molecule has 0 saturated carbocycles. The van der Waals surface area contributed by atoms with Crippen molar-refractivity contribution in [3.63, 3.8) is 0 Å². The highest BCUT2D eigenvalue weighted by molar-refractivity contribution is 7.99. The van der Waals surface area contributed by atoms with Crippen LogP contribution in [0, 0.1) is 6.92 Å². The minimum absolute atomic E-state index is 0.719. The summed E-state index contributed by atoms with van der Waals surface area (Å²) in [5.74, 6) is 1.15. The van der Waals surface area contributed by atoms with Crippen molar-refractivity contribution in [2.24, 2.45) is 0 Å².